The molecule has 0 N–H and O–H groups in total. The highest BCUT2D eigenvalue weighted by Gasteiger charge is 2.15. The van der Waals surface area contributed by atoms with Gasteiger partial charge in [-0.15, -0.1) is 10.2 Å². The van der Waals surface area contributed by atoms with Crippen molar-refractivity contribution in [2.75, 3.05) is 12.8 Å². The summed E-state index contributed by atoms with van der Waals surface area (Å²) in [4.78, 5) is 14.1. The zero-order chi connectivity index (χ0) is 19.4. The molecule has 3 rings (SSSR count). The van der Waals surface area contributed by atoms with Gasteiger partial charge < -0.3 is 9.32 Å². The molecule has 0 aliphatic carbocycles. The molecule has 2 aromatic carbocycles. The largest absolute Gasteiger partial charge is 0.411 e. The van der Waals surface area contributed by atoms with Gasteiger partial charge in [-0.25, -0.2) is 0 Å². The summed E-state index contributed by atoms with van der Waals surface area (Å²) >= 11 is 7.21. The van der Waals surface area contributed by atoms with Gasteiger partial charge in [-0.2, -0.15) is 0 Å². The molecule has 0 spiro atoms. The van der Waals surface area contributed by atoms with Crippen LogP contribution < -0.4 is 0 Å². The summed E-state index contributed by atoms with van der Waals surface area (Å²) in [7, 11) is 1.80. The van der Waals surface area contributed by atoms with Crippen LogP contribution in [0.25, 0.3) is 11.5 Å². The summed E-state index contributed by atoms with van der Waals surface area (Å²) in [6.07, 6.45) is 0. The minimum absolute atomic E-state index is 0.00230. The van der Waals surface area contributed by atoms with Gasteiger partial charge >= 0.3 is 0 Å². The van der Waals surface area contributed by atoms with Gasteiger partial charge in [0.15, 0.2) is 0 Å². The molecule has 0 bridgehead atoms. The molecule has 27 heavy (non-hydrogen) atoms. The standard InChI is InChI=1S/C20H20ClN3O2S/c1-13-7-8-16(14(2)9-13)11-24(3)18(25)12-27-20-23-22-19(26-20)15-5-4-6-17(21)10-15/h4-10H,11-12H2,1-3H3. The highest BCUT2D eigenvalue weighted by Crippen LogP contribution is 2.25. The van der Waals surface area contributed by atoms with Crippen molar-refractivity contribution >= 4 is 29.3 Å². The molecule has 0 saturated carbocycles. The second kappa shape index (κ2) is 8.59. The van der Waals surface area contributed by atoms with Crippen molar-refractivity contribution in [1.29, 1.82) is 0 Å². The molecule has 0 radical (unpaired) electrons. The van der Waals surface area contributed by atoms with Crippen molar-refractivity contribution < 1.29 is 9.21 Å². The Kier molecular flexibility index (Phi) is 6.19. The first-order chi connectivity index (χ1) is 12.9. The molecular formula is C20H20ClN3O2S. The smallest absolute Gasteiger partial charge is 0.277 e. The highest BCUT2D eigenvalue weighted by atomic mass is 35.5. The zero-order valence-corrected chi connectivity index (χ0v) is 17.0. The van der Waals surface area contributed by atoms with Crippen LogP contribution in [-0.2, 0) is 11.3 Å². The van der Waals surface area contributed by atoms with Crippen LogP contribution in [0.15, 0.2) is 52.1 Å². The van der Waals surface area contributed by atoms with Gasteiger partial charge in [0, 0.05) is 24.2 Å². The lowest BCUT2D eigenvalue weighted by molar-refractivity contribution is -0.127. The fourth-order valence-electron chi connectivity index (χ4n) is 2.61. The third-order valence-electron chi connectivity index (χ3n) is 4.13. The summed E-state index contributed by atoms with van der Waals surface area (Å²) in [6, 6.07) is 13.4. The van der Waals surface area contributed by atoms with E-state index < -0.39 is 0 Å². The van der Waals surface area contributed by atoms with Gasteiger partial charge in [-0.05, 0) is 43.2 Å². The van der Waals surface area contributed by atoms with Crippen molar-refractivity contribution in [1.82, 2.24) is 15.1 Å². The lowest BCUT2D eigenvalue weighted by Gasteiger charge is -2.18. The molecule has 140 valence electrons. The predicted octanol–water partition coefficient (Wildman–Crippen LogP) is 4.76. The van der Waals surface area contributed by atoms with Crippen molar-refractivity contribution in [3.63, 3.8) is 0 Å². The molecular weight excluding hydrogens is 382 g/mol. The maximum atomic E-state index is 12.4. The van der Waals surface area contributed by atoms with Crippen LogP contribution in [0.3, 0.4) is 0 Å². The average Bonchev–Trinajstić information content (AvgIpc) is 3.11. The Balaban J connectivity index is 1.57. The lowest BCUT2D eigenvalue weighted by atomic mass is 10.1. The Bertz CT molecular complexity index is 958. The van der Waals surface area contributed by atoms with E-state index in [1.54, 1.807) is 24.1 Å². The Morgan fingerprint density at radius 1 is 1.19 bits per heavy atom. The topological polar surface area (TPSA) is 59.2 Å². The lowest BCUT2D eigenvalue weighted by Crippen LogP contribution is -2.28. The van der Waals surface area contributed by atoms with Crippen LogP contribution in [0.2, 0.25) is 5.02 Å². The normalized spacial score (nSPS) is 10.8. The minimum Gasteiger partial charge on any atom is -0.411 e. The van der Waals surface area contributed by atoms with Gasteiger partial charge in [-0.1, -0.05) is 53.2 Å². The molecule has 3 aromatic rings. The molecule has 1 heterocycles. The van der Waals surface area contributed by atoms with Crippen LogP contribution in [-0.4, -0.2) is 33.8 Å². The Morgan fingerprint density at radius 3 is 2.74 bits per heavy atom. The Morgan fingerprint density at radius 2 is 2.00 bits per heavy atom. The number of nitrogens with zero attached hydrogens (tertiary/aromatic N) is 3. The molecule has 0 aliphatic rings. The van der Waals surface area contributed by atoms with Crippen molar-refractivity contribution in [3.05, 3.63) is 64.2 Å². The molecule has 0 unspecified atom stereocenters. The first-order valence-electron chi connectivity index (χ1n) is 8.44. The molecule has 7 heteroatoms. The molecule has 1 aromatic heterocycles. The number of amides is 1. The molecule has 0 aliphatic heterocycles. The maximum Gasteiger partial charge on any atom is 0.277 e. The summed E-state index contributed by atoms with van der Waals surface area (Å²) in [5.74, 6) is 0.622. The van der Waals surface area contributed by atoms with Gasteiger partial charge in [0.2, 0.25) is 11.8 Å². The number of aromatic nitrogens is 2. The van der Waals surface area contributed by atoms with E-state index in [-0.39, 0.29) is 11.7 Å². The van der Waals surface area contributed by atoms with Crippen LogP contribution in [0, 0.1) is 13.8 Å². The summed E-state index contributed by atoms with van der Waals surface area (Å²) in [6.45, 7) is 4.69. The third kappa shape index (κ3) is 5.11. The van der Waals surface area contributed by atoms with Crippen LogP contribution >= 0.6 is 23.4 Å². The zero-order valence-electron chi connectivity index (χ0n) is 15.4. The van der Waals surface area contributed by atoms with Gasteiger partial charge in [-0.3, -0.25) is 4.79 Å². The third-order valence-corrected chi connectivity index (χ3v) is 5.17. The van der Waals surface area contributed by atoms with Crippen molar-refractivity contribution in [2.24, 2.45) is 0 Å². The highest BCUT2D eigenvalue weighted by molar-refractivity contribution is 7.99. The van der Waals surface area contributed by atoms with E-state index in [1.807, 2.05) is 12.1 Å². The fourth-order valence-corrected chi connectivity index (χ4v) is 3.50. The van der Waals surface area contributed by atoms with E-state index >= 15 is 0 Å². The Labute approximate surface area is 167 Å². The minimum atomic E-state index is 0.00230. The predicted molar refractivity (Wildman–Crippen MR) is 108 cm³/mol. The van der Waals surface area contributed by atoms with E-state index in [4.69, 9.17) is 16.0 Å². The first kappa shape index (κ1) is 19.5. The van der Waals surface area contributed by atoms with Crippen molar-refractivity contribution in [3.8, 4) is 11.5 Å². The van der Waals surface area contributed by atoms with E-state index in [2.05, 4.69) is 42.2 Å². The van der Waals surface area contributed by atoms with Crippen LogP contribution in [0.4, 0.5) is 0 Å². The molecule has 0 atom stereocenters. The molecule has 0 saturated heterocycles. The van der Waals surface area contributed by atoms with E-state index in [0.717, 1.165) is 11.1 Å². The van der Waals surface area contributed by atoms with Gasteiger partial charge in [0.1, 0.15) is 0 Å². The maximum absolute atomic E-state index is 12.4. The molecule has 0 fully saturated rings. The van der Waals surface area contributed by atoms with Gasteiger partial charge in [0.25, 0.3) is 5.22 Å². The molecule has 5 nitrogen and oxygen atoms in total. The van der Waals surface area contributed by atoms with Crippen LogP contribution in [0.5, 0.6) is 0 Å². The fraction of sp³-hybridized carbons (Fsp3) is 0.250. The number of halogens is 1. The number of rotatable bonds is 6. The number of thioether (sulfide) groups is 1. The van der Waals surface area contributed by atoms with Crippen LogP contribution in [0.1, 0.15) is 16.7 Å². The summed E-state index contributed by atoms with van der Waals surface area (Å²) < 4.78 is 5.62. The van der Waals surface area contributed by atoms with Crippen molar-refractivity contribution in [2.45, 2.75) is 25.6 Å². The Hall–Kier alpha value is -2.31. The monoisotopic (exact) mass is 401 g/mol. The number of aryl methyl sites for hydroxylation is 2. The summed E-state index contributed by atoms with van der Waals surface area (Å²) in [5, 5.41) is 8.97. The quantitative estimate of drug-likeness (QED) is 0.557. The number of hydrogen-bond donors (Lipinski definition) is 0. The van der Waals surface area contributed by atoms with E-state index in [9.17, 15) is 4.79 Å². The average molecular weight is 402 g/mol. The molecule has 1 amide bonds. The number of benzene rings is 2. The summed E-state index contributed by atoms with van der Waals surface area (Å²) in [5.41, 5.74) is 4.29. The first-order valence-corrected chi connectivity index (χ1v) is 9.81. The number of carbonyl (C=O) groups excluding carboxylic acids is 1. The second-order valence-electron chi connectivity index (χ2n) is 6.35. The SMILES string of the molecule is Cc1ccc(CN(C)C(=O)CSc2nnc(-c3cccc(Cl)c3)o2)c(C)c1. The van der Waals surface area contributed by atoms with Gasteiger partial charge in [0.05, 0.1) is 5.75 Å². The number of carbonyl (C=O) groups is 1. The van der Waals surface area contributed by atoms with E-state index in [1.165, 1.54) is 22.9 Å². The second-order valence-corrected chi connectivity index (χ2v) is 7.71. The van der Waals surface area contributed by atoms with E-state index in [0.29, 0.717) is 22.7 Å². The number of hydrogen-bond acceptors (Lipinski definition) is 5.